The molecule has 0 aliphatic rings. The van der Waals surface area contributed by atoms with Gasteiger partial charge in [0.2, 0.25) is 0 Å². The van der Waals surface area contributed by atoms with E-state index in [9.17, 15) is 15.0 Å². The summed E-state index contributed by atoms with van der Waals surface area (Å²) >= 11 is 0. The fraction of sp³-hybridized carbons (Fsp3) is 0.421. The third kappa shape index (κ3) is 3.79. The average molecular weight is 300 g/mol. The summed E-state index contributed by atoms with van der Waals surface area (Å²) in [7, 11) is 0. The standard InChI is InChI=1S/C19H24O3/c1-2-3-4-5-6-7-12-17(20)16-13-14-10-8-9-11-15(14)18(21)19(16)22/h8-11,13,21-22H,2-7,12H2,1H3. The van der Waals surface area contributed by atoms with Crippen molar-refractivity contribution in [2.75, 3.05) is 0 Å². The monoisotopic (exact) mass is 300 g/mol. The Morgan fingerprint density at radius 2 is 1.64 bits per heavy atom. The van der Waals surface area contributed by atoms with E-state index in [0.717, 1.165) is 24.6 Å². The molecule has 0 spiro atoms. The van der Waals surface area contributed by atoms with Crippen LogP contribution < -0.4 is 0 Å². The molecule has 0 aromatic heterocycles. The van der Waals surface area contributed by atoms with E-state index in [1.165, 1.54) is 19.3 Å². The Bertz CT molecular complexity index is 646. The average Bonchev–Trinajstić information content (AvgIpc) is 2.54. The summed E-state index contributed by atoms with van der Waals surface area (Å²) in [5.41, 5.74) is 0.227. The van der Waals surface area contributed by atoms with Crippen LogP contribution in [0.4, 0.5) is 0 Å². The van der Waals surface area contributed by atoms with Gasteiger partial charge in [0.25, 0.3) is 0 Å². The Balaban J connectivity index is 2.04. The molecule has 2 N–H and O–H groups in total. The summed E-state index contributed by atoms with van der Waals surface area (Å²) in [6.45, 7) is 2.18. The SMILES string of the molecule is CCCCCCCCC(=O)c1cc2ccccc2c(O)c1O. The minimum atomic E-state index is -0.297. The number of rotatable bonds is 8. The van der Waals surface area contributed by atoms with Gasteiger partial charge in [0.15, 0.2) is 17.3 Å². The van der Waals surface area contributed by atoms with Crippen LogP contribution >= 0.6 is 0 Å². The molecule has 0 fully saturated rings. The van der Waals surface area contributed by atoms with E-state index >= 15 is 0 Å². The molecular weight excluding hydrogens is 276 g/mol. The molecule has 3 nitrogen and oxygen atoms in total. The van der Waals surface area contributed by atoms with Gasteiger partial charge in [-0.25, -0.2) is 0 Å². The van der Waals surface area contributed by atoms with Crippen molar-refractivity contribution in [1.82, 2.24) is 0 Å². The van der Waals surface area contributed by atoms with Crippen LogP contribution in [0.5, 0.6) is 11.5 Å². The number of Topliss-reactive ketones (excluding diaryl/α,β-unsaturated/α-hetero) is 1. The Labute approximate surface area is 131 Å². The van der Waals surface area contributed by atoms with E-state index in [2.05, 4.69) is 6.92 Å². The first-order valence-electron chi connectivity index (χ1n) is 8.12. The Hall–Kier alpha value is -2.03. The molecule has 3 heteroatoms. The number of aromatic hydroxyl groups is 2. The van der Waals surface area contributed by atoms with Gasteiger partial charge in [-0.2, -0.15) is 0 Å². The number of fused-ring (bicyclic) bond motifs is 1. The van der Waals surface area contributed by atoms with Crippen LogP contribution in [-0.2, 0) is 0 Å². The van der Waals surface area contributed by atoms with E-state index in [1.807, 2.05) is 12.1 Å². The maximum Gasteiger partial charge on any atom is 0.169 e. The van der Waals surface area contributed by atoms with Crippen LogP contribution in [0.15, 0.2) is 30.3 Å². The van der Waals surface area contributed by atoms with E-state index in [0.29, 0.717) is 11.8 Å². The quantitative estimate of drug-likeness (QED) is 0.401. The Morgan fingerprint density at radius 1 is 0.955 bits per heavy atom. The Morgan fingerprint density at radius 3 is 2.41 bits per heavy atom. The van der Waals surface area contributed by atoms with Crippen molar-refractivity contribution in [3.63, 3.8) is 0 Å². The second-order valence-electron chi connectivity index (χ2n) is 5.78. The van der Waals surface area contributed by atoms with E-state index in [1.54, 1.807) is 18.2 Å². The Kier molecular flexibility index (Phi) is 5.82. The first kappa shape index (κ1) is 16.3. The molecule has 0 aliphatic heterocycles. The maximum absolute atomic E-state index is 12.3. The number of carbonyl (C=O) groups is 1. The highest BCUT2D eigenvalue weighted by Gasteiger charge is 2.17. The predicted octanol–water partition coefficient (Wildman–Crippen LogP) is 5.18. The molecule has 0 saturated heterocycles. The van der Waals surface area contributed by atoms with Crippen molar-refractivity contribution in [3.05, 3.63) is 35.9 Å². The third-order valence-corrected chi connectivity index (χ3v) is 4.05. The van der Waals surface area contributed by atoms with Gasteiger partial charge in [-0.3, -0.25) is 4.79 Å². The molecule has 0 atom stereocenters. The zero-order valence-electron chi connectivity index (χ0n) is 13.1. The van der Waals surface area contributed by atoms with Gasteiger partial charge in [0.1, 0.15) is 0 Å². The topological polar surface area (TPSA) is 57.5 Å². The van der Waals surface area contributed by atoms with Crippen LogP contribution in [0, 0.1) is 0 Å². The number of hydrogen-bond donors (Lipinski definition) is 2. The maximum atomic E-state index is 12.3. The minimum absolute atomic E-state index is 0.103. The number of phenolic OH excluding ortho intramolecular Hbond substituents is 2. The molecule has 2 aromatic rings. The summed E-state index contributed by atoms with van der Waals surface area (Å²) in [5, 5.41) is 21.5. The number of ketones is 1. The summed E-state index contributed by atoms with van der Waals surface area (Å²) in [5.74, 6) is -0.604. The molecule has 0 unspecified atom stereocenters. The fourth-order valence-electron chi connectivity index (χ4n) is 2.73. The van der Waals surface area contributed by atoms with Crippen molar-refractivity contribution in [3.8, 4) is 11.5 Å². The van der Waals surface area contributed by atoms with Gasteiger partial charge >= 0.3 is 0 Å². The molecule has 118 valence electrons. The predicted molar refractivity (Wildman–Crippen MR) is 89.6 cm³/mol. The highest BCUT2D eigenvalue weighted by atomic mass is 16.3. The molecule has 0 radical (unpaired) electrons. The second-order valence-corrected chi connectivity index (χ2v) is 5.78. The lowest BCUT2D eigenvalue weighted by Gasteiger charge is -2.09. The summed E-state index contributed by atoms with van der Waals surface area (Å²) < 4.78 is 0. The first-order valence-corrected chi connectivity index (χ1v) is 8.12. The summed E-state index contributed by atoms with van der Waals surface area (Å²) in [4.78, 5) is 12.3. The number of unbranched alkanes of at least 4 members (excludes halogenated alkanes) is 5. The van der Waals surface area contributed by atoms with Gasteiger partial charge in [0, 0.05) is 11.8 Å². The van der Waals surface area contributed by atoms with Crippen molar-refractivity contribution >= 4 is 16.6 Å². The lowest BCUT2D eigenvalue weighted by Crippen LogP contribution is -2.00. The van der Waals surface area contributed by atoms with Gasteiger partial charge in [-0.05, 0) is 17.9 Å². The van der Waals surface area contributed by atoms with E-state index < -0.39 is 0 Å². The zero-order valence-corrected chi connectivity index (χ0v) is 13.1. The van der Waals surface area contributed by atoms with Crippen molar-refractivity contribution in [2.24, 2.45) is 0 Å². The van der Waals surface area contributed by atoms with Gasteiger partial charge in [0.05, 0.1) is 5.56 Å². The van der Waals surface area contributed by atoms with Crippen LogP contribution in [0.3, 0.4) is 0 Å². The molecule has 0 aliphatic carbocycles. The molecule has 2 rings (SSSR count). The van der Waals surface area contributed by atoms with E-state index in [-0.39, 0.29) is 22.8 Å². The van der Waals surface area contributed by atoms with Crippen molar-refractivity contribution in [2.45, 2.75) is 51.9 Å². The van der Waals surface area contributed by atoms with Crippen molar-refractivity contribution < 1.29 is 15.0 Å². The zero-order chi connectivity index (χ0) is 15.9. The van der Waals surface area contributed by atoms with E-state index in [4.69, 9.17) is 0 Å². The number of phenols is 2. The number of carbonyl (C=O) groups excluding carboxylic acids is 1. The van der Waals surface area contributed by atoms with Crippen LogP contribution in [0.1, 0.15) is 62.2 Å². The first-order chi connectivity index (χ1) is 10.6. The number of hydrogen-bond acceptors (Lipinski definition) is 3. The third-order valence-electron chi connectivity index (χ3n) is 4.05. The molecule has 0 saturated carbocycles. The van der Waals surface area contributed by atoms with Crippen molar-refractivity contribution in [1.29, 1.82) is 0 Å². The molecule has 0 bridgehead atoms. The summed E-state index contributed by atoms with van der Waals surface area (Å²) in [6, 6.07) is 8.87. The lowest BCUT2D eigenvalue weighted by molar-refractivity contribution is 0.0976. The van der Waals surface area contributed by atoms with Gasteiger partial charge in [-0.1, -0.05) is 63.3 Å². The van der Waals surface area contributed by atoms with Gasteiger partial charge < -0.3 is 10.2 Å². The molecule has 2 aromatic carbocycles. The molecule has 22 heavy (non-hydrogen) atoms. The normalized spacial score (nSPS) is 11.0. The molecule has 0 heterocycles. The highest BCUT2D eigenvalue weighted by Crippen LogP contribution is 2.37. The lowest BCUT2D eigenvalue weighted by atomic mass is 9.98. The minimum Gasteiger partial charge on any atom is -0.504 e. The van der Waals surface area contributed by atoms with Crippen LogP contribution in [-0.4, -0.2) is 16.0 Å². The molecular formula is C19H24O3. The molecule has 0 amide bonds. The number of benzene rings is 2. The smallest absolute Gasteiger partial charge is 0.169 e. The van der Waals surface area contributed by atoms with Crippen LogP contribution in [0.2, 0.25) is 0 Å². The fourth-order valence-corrected chi connectivity index (χ4v) is 2.73. The van der Waals surface area contributed by atoms with Crippen LogP contribution in [0.25, 0.3) is 10.8 Å². The second kappa shape index (κ2) is 7.83. The summed E-state index contributed by atoms with van der Waals surface area (Å²) in [6.07, 6.45) is 7.10. The highest BCUT2D eigenvalue weighted by molar-refractivity contribution is 6.05. The van der Waals surface area contributed by atoms with Gasteiger partial charge in [-0.15, -0.1) is 0 Å². The largest absolute Gasteiger partial charge is 0.504 e.